The first-order chi connectivity index (χ1) is 33.9. The maximum Gasteiger partial charge on any atom is 0.337 e. The third-order valence-electron chi connectivity index (χ3n) is 11.8. The Bertz CT molecular complexity index is 3810. The van der Waals surface area contributed by atoms with Gasteiger partial charge in [-0.25, -0.2) is 14.4 Å². The number of aromatic nitrogens is 1. The number of hydrogen-bond donors (Lipinski definition) is 7. The number of benzene rings is 6. The number of halogens is 2. The molecule has 7 N–H and O–H groups in total. The van der Waals surface area contributed by atoms with E-state index in [1.54, 1.807) is 18.2 Å². The zero-order valence-corrected chi connectivity index (χ0v) is 38.5. The second kappa shape index (κ2) is 18.4. The molecular formula is C52H35Cl2N5O12. The molecule has 2 aliphatic carbocycles. The number of aromatic hydroxyl groups is 1. The van der Waals surface area contributed by atoms with Gasteiger partial charge in [0, 0.05) is 89.3 Å². The standard InChI is InChI=1S/C52H35Cl2N5O12/c1-59(2)26-6-10-31-40(17-26)70-39-16-25(55)5-9-30(39)43(31)44-36(53)19-34(46(54)45(44)52(68)69)48(62)57-21-23-3-13-37(56-20-23)49(63)58-22-35-38(61)14-12-32-42(29-11-7-27(60)18-41(29)71-47(32)35)28-8-4-24(50(64)65)15-33(28)51(66)67/h3-20,55,61H,21-22H2,1-2H3,(H,57,62)(H,58,63)(H,64,65)(H,66,67)(H,68,69). The molecule has 0 saturated carbocycles. The summed E-state index contributed by atoms with van der Waals surface area (Å²) in [6.07, 6.45) is 1.33. The molecule has 2 amide bonds. The summed E-state index contributed by atoms with van der Waals surface area (Å²) < 4.78 is 12.3. The molecule has 3 heterocycles. The summed E-state index contributed by atoms with van der Waals surface area (Å²) in [7, 11) is 3.70. The molecule has 0 bridgehead atoms. The lowest BCUT2D eigenvalue weighted by Crippen LogP contribution is -2.25. The van der Waals surface area contributed by atoms with Crippen LogP contribution in [0, 0.1) is 5.41 Å². The Labute approximate surface area is 410 Å². The number of pyridine rings is 1. The number of anilines is 1. The Kier molecular flexibility index (Phi) is 12.2. The fraction of sp³-hybridized carbons (Fsp3) is 0.0769. The smallest absolute Gasteiger partial charge is 0.337 e. The van der Waals surface area contributed by atoms with E-state index in [0.29, 0.717) is 39.0 Å². The predicted molar refractivity (Wildman–Crippen MR) is 262 cm³/mol. The first-order valence-corrected chi connectivity index (χ1v) is 22.0. The highest BCUT2D eigenvalue weighted by Crippen LogP contribution is 2.48. The zero-order chi connectivity index (χ0) is 50.6. The van der Waals surface area contributed by atoms with E-state index >= 15 is 0 Å². The molecule has 4 aromatic carbocycles. The second-order valence-corrected chi connectivity index (χ2v) is 17.2. The van der Waals surface area contributed by atoms with Crippen LogP contribution >= 0.6 is 23.2 Å². The first kappa shape index (κ1) is 47.0. The normalized spacial score (nSPS) is 11.3. The second-order valence-electron chi connectivity index (χ2n) is 16.4. The van der Waals surface area contributed by atoms with E-state index in [-0.39, 0.29) is 95.6 Å². The minimum atomic E-state index is -1.45. The lowest BCUT2D eigenvalue weighted by molar-refractivity contribution is 0.0682. The number of carboxylic acid groups (broad SMARTS) is 3. The van der Waals surface area contributed by atoms with Crippen molar-refractivity contribution in [3.05, 3.63) is 174 Å². The summed E-state index contributed by atoms with van der Waals surface area (Å²) in [5.41, 5.74) is 1.49. The van der Waals surface area contributed by atoms with Gasteiger partial charge in [0.15, 0.2) is 5.43 Å². The summed E-state index contributed by atoms with van der Waals surface area (Å²) in [5.74, 6) is -5.65. The highest BCUT2D eigenvalue weighted by molar-refractivity contribution is 6.41. The van der Waals surface area contributed by atoms with E-state index in [9.17, 15) is 49.2 Å². The van der Waals surface area contributed by atoms with Crippen molar-refractivity contribution in [2.75, 3.05) is 19.0 Å². The molecule has 9 rings (SSSR count). The molecule has 5 aromatic rings. The third-order valence-corrected chi connectivity index (χ3v) is 12.5. The Morgan fingerprint density at radius 3 is 2.08 bits per heavy atom. The molecule has 4 aliphatic rings. The average molecular weight is 993 g/mol. The number of fused-ring (bicyclic) bond motifs is 4. The summed E-state index contributed by atoms with van der Waals surface area (Å²) in [6, 6.07) is 24.5. The van der Waals surface area contributed by atoms with E-state index in [1.807, 2.05) is 25.1 Å². The van der Waals surface area contributed by atoms with Crippen LogP contribution in [0.1, 0.15) is 63.0 Å². The molecule has 0 atom stereocenters. The van der Waals surface area contributed by atoms with Gasteiger partial charge in [0.25, 0.3) is 11.8 Å². The number of aromatic carboxylic acids is 3. The van der Waals surface area contributed by atoms with Gasteiger partial charge in [-0.3, -0.25) is 19.4 Å². The van der Waals surface area contributed by atoms with Crippen LogP contribution in [0.5, 0.6) is 5.75 Å². The summed E-state index contributed by atoms with van der Waals surface area (Å²) in [6.45, 7) is -0.479. The van der Waals surface area contributed by atoms with Gasteiger partial charge in [-0.2, -0.15) is 0 Å². The maximum absolute atomic E-state index is 13.7. The van der Waals surface area contributed by atoms with Crippen LogP contribution in [0.4, 0.5) is 5.69 Å². The van der Waals surface area contributed by atoms with E-state index in [4.69, 9.17) is 37.4 Å². The zero-order valence-electron chi connectivity index (χ0n) is 37.0. The molecule has 0 unspecified atom stereocenters. The molecule has 0 spiro atoms. The van der Waals surface area contributed by atoms with Gasteiger partial charge in [0.1, 0.15) is 34.1 Å². The largest absolute Gasteiger partial charge is 0.507 e. The minimum Gasteiger partial charge on any atom is -0.507 e. The van der Waals surface area contributed by atoms with Crippen LogP contribution in [0.3, 0.4) is 0 Å². The van der Waals surface area contributed by atoms with E-state index < -0.39 is 40.7 Å². The molecule has 0 radical (unpaired) electrons. The van der Waals surface area contributed by atoms with Gasteiger partial charge in [-0.1, -0.05) is 35.3 Å². The van der Waals surface area contributed by atoms with Crippen LogP contribution < -0.4 is 26.3 Å². The molecule has 1 aromatic heterocycles. The number of nitrogens with zero attached hydrogens (tertiary/aromatic N) is 2. The number of phenols is 1. The fourth-order valence-electron chi connectivity index (χ4n) is 8.38. The van der Waals surface area contributed by atoms with Crippen molar-refractivity contribution in [2.45, 2.75) is 13.1 Å². The number of carbonyl (C=O) groups excluding carboxylic acids is 2. The van der Waals surface area contributed by atoms with Gasteiger partial charge >= 0.3 is 17.9 Å². The Morgan fingerprint density at radius 1 is 0.676 bits per heavy atom. The number of hydrogen-bond acceptors (Lipinski definition) is 12. The Balaban J connectivity index is 0.966. The van der Waals surface area contributed by atoms with Crippen LogP contribution in [-0.2, 0) is 13.1 Å². The number of carboxylic acids is 3. The maximum atomic E-state index is 13.7. The minimum absolute atomic E-state index is 0.00250. The van der Waals surface area contributed by atoms with Crippen molar-refractivity contribution in [3.63, 3.8) is 0 Å². The van der Waals surface area contributed by atoms with Crippen LogP contribution in [0.15, 0.2) is 123 Å². The van der Waals surface area contributed by atoms with Crippen LogP contribution in [-0.4, -0.2) is 69.2 Å². The van der Waals surface area contributed by atoms with E-state index in [1.165, 1.54) is 79.0 Å². The SMILES string of the molecule is CN(C)c1ccc2c(-c3c(Cl)cc(C(=O)NCc4ccc(C(=O)NCc5c(O)ccc6c(-c7ccc(C(=O)O)cc7C(=O)O)c7ccc(=O)cc-7oc56)nc4)c(Cl)c3C(=O)O)c3ccc(=N)cc-3oc2c1. The van der Waals surface area contributed by atoms with Crippen molar-refractivity contribution in [3.8, 4) is 50.7 Å². The molecule has 2 aliphatic heterocycles. The lowest BCUT2D eigenvalue weighted by Gasteiger charge is -2.21. The average Bonchev–Trinajstić information content (AvgIpc) is 3.33. The molecule has 71 heavy (non-hydrogen) atoms. The number of rotatable bonds is 12. The fourth-order valence-corrected chi connectivity index (χ4v) is 8.99. The third kappa shape index (κ3) is 8.71. The summed E-state index contributed by atoms with van der Waals surface area (Å²) >= 11 is 13.7. The monoisotopic (exact) mass is 991 g/mol. The van der Waals surface area contributed by atoms with Crippen LogP contribution in [0.2, 0.25) is 10.0 Å². The molecule has 19 heteroatoms. The Morgan fingerprint density at radius 2 is 1.38 bits per heavy atom. The number of phenolic OH excluding ortho intramolecular Hbond substituents is 1. The Hall–Kier alpha value is -9.06. The van der Waals surface area contributed by atoms with Crippen LogP contribution in [0.25, 0.3) is 66.8 Å². The molecular weight excluding hydrogens is 958 g/mol. The highest BCUT2D eigenvalue weighted by Gasteiger charge is 2.30. The van der Waals surface area contributed by atoms with Crippen molar-refractivity contribution in [1.29, 1.82) is 5.41 Å². The first-order valence-electron chi connectivity index (χ1n) is 21.2. The van der Waals surface area contributed by atoms with Gasteiger partial charge in [0.2, 0.25) is 0 Å². The molecule has 354 valence electrons. The number of amides is 2. The van der Waals surface area contributed by atoms with Crippen molar-refractivity contribution < 1.29 is 53.2 Å². The van der Waals surface area contributed by atoms with Crippen molar-refractivity contribution in [1.82, 2.24) is 15.6 Å². The molecule has 0 saturated heterocycles. The highest BCUT2D eigenvalue weighted by atomic mass is 35.5. The van der Waals surface area contributed by atoms with Gasteiger partial charge < -0.3 is 50.2 Å². The number of nitrogens with one attached hydrogen (secondary N) is 3. The molecule has 0 fully saturated rings. The van der Waals surface area contributed by atoms with Crippen molar-refractivity contribution >= 4 is 80.6 Å². The van der Waals surface area contributed by atoms with E-state index in [0.717, 1.165) is 11.8 Å². The predicted octanol–water partition coefficient (Wildman–Crippen LogP) is 8.99. The quantitative estimate of drug-likeness (QED) is 0.0563. The number of carbonyl (C=O) groups is 5. The topological polar surface area (TPSA) is 274 Å². The van der Waals surface area contributed by atoms with E-state index in [2.05, 4.69) is 15.6 Å². The van der Waals surface area contributed by atoms with Gasteiger partial charge in [0.05, 0.1) is 49.8 Å². The van der Waals surface area contributed by atoms with Gasteiger partial charge in [-0.05, 0) is 83.9 Å². The van der Waals surface area contributed by atoms with Gasteiger partial charge in [-0.15, -0.1) is 0 Å². The lowest BCUT2D eigenvalue weighted by atomic mass is 9.89. The summed E-state index contributed by atoms with van der Waals surface area (Å²) in [4.78, 5) is 83.0. The summed E-state index contributed by atoms with van der Waals surface area (Å²) in [5, 5.41) is 55.4. The van der Waals surface area contributed by atoms with Crippen molar-refractivity contribution in [2.24, 2.45) is 0 Å². The molecule has 17 nitrogen and oxygen atoms in total.